The molecule has 0 heterocycles. The lowest BCUT2D eigenvalue weighted by atomic mass is 10.1. The number of amides is 2. The Bertz CT molecular complexity index is 305. The number of carbonyl (C=O) groups is 2. The molecule has 2 unspecified atom stereocenters. The van der Waals surface area contributed by atoms with E-state index in [2.05, 4.69) is 24.5 Å². The Kier molecular flexibility index (Phi) is 6.84. The largest absolute Gasteiger partial charge is 0.385 e. The zero-order valence-electron chi connectivity index (χ0n) is 12.2. The Morgan fingerprint density at radius 2 is 1.74 bits per heavy atom. The van der Waals surface area contributed by atoms with Gasteiger partial charge in [0.15, 0.2) is 0 Å². The molecule has 0 aromatic rings. The Hall–Kier alpha value is -1.10. The summed E-state index contributed by atoms with van der Waals surface area (Å²) in [4.78, 5) is 23.5. The number of methoxy groups -OCH3 is 1. The van der Waals surface area contributed by atoms with Gasteiger partial charge in [-0.2, -0.15) is 0 Å². The van der Waals surface area contributed by atoms with Gasteiger partial charge < -0.3 is 15.4 Å². The van der Waals surface area contributed by atoms with Crippen molar-refractivity contribution in [2.75, 3.05) is 26.8 Å². The standard InChI is InChI=1S/C14H26N2O3/c1-10(2)5-7-16-14(18)12-9-11(12)13(17)15-6-4-8-19-3/h10-12H,4-9H2,1-3H3,(H,15,17)(H,16,18). The van der Waals surface area contributed by atoms with Gasteiger partial charge in [-0.15, -0.1) is 0 Å². The molecule has 1 aliphatic rings. The number of ether oxygens (including phenoxy) is 1. The second kappa shape index (κ2) is 8.15. The normalized spacial score (nSPS) is 21.3. The molecule has 19 heavy (non-hydrogen) atoms. The number of rotatable bonds is 9. The average Bonchev–Trinajstić information content (AvgIpc) is 3.14. The first-order valence-corrected chi connectivity index (χ1v) is 7.10. The highest BCUT2D eigenvalue weighted by Crippen LogP contribution is 2.38. The van der Waals surface area contributed by atoms with Crippen LogP contribution in [-0.2, 0) is 14.3 Å². The third-order valence-corrected chi connectivity index (χ3v) is 3.31. The highest BCUT2D eigenvalue weighted by atomic mass is 16.5. The van der Waals surface area contributed by atoms with Crippen LogP contribution in [0.15, 0.2) is 0 Å². The Morgan fingerprint density at radius 3 is 2.26 bits per heavy atom. The smallest absolute Gasteiger partial charge is 0.223 e. The molecule has 110 valence electrons. The minimum absolute atomic E-state index is 0.000104. The van der Waals surface area contributed by atoms with Crippen molar-refractivity contribution in [1.29, 1.82) is 0 Å². The van der Waals surface area contributed by atoms with Gasteiger partial charge >= 0.3 is 0 Å². The first-order valence-electron chi connectivity index (χ1n) is 7.10. The lowest BCUT2D eigenvalue weighted by Gasteiger charge is -2.07. The molecule has 1 aliphatic carbocycles. The molecule has 1 saturated carbocycles. The van der Waals surface area contributed by atoms with E-state index in [0.29, 0.717) is 32.0 Å². The molecule has 0 aromatic heterocycles. The van der Waals surface area contributed by atoms with Crippen LogP contribution in [0.25, 0.3) is 0 Å². The van der Waals surface area contributed by atoms with E-state index < -0.39 is 0 Å². The first-order chi connectivity index (χ1) is 9.06. The van der Waals surface area contributed by atoms with E-state index in [1.807, 2.05) is 0 Å². The summed E-state index contributed by atoms with van der Waals surface area (Å²) in [7, 11) is 1.64. The maximum atomic E-state index is 11.8. The zero-order chi connectivity index (χ0) is 14.3. The first kappa shape index (κ1) is 16.0. The fraction of sp³-hybridized carbons (Fsp3) is 0.857. The third kappa shape index (κ3) is 6.05. The SMILES string of the molecule is COCCCNC(=O)C1CC1C(=O)NCCC(C)C. The molecule has 0 aliphatic heterocycles. The van der Waals surface area contributed by atoms with Crippen molar-refractivity contribution in [3.63, 3.8) is 0 Å². The minimum Gasteiger partial charge on any atom is -0.385 e. The van der Waals surface area contributed by atoms with E-state index >= 15 is 0 Å². The molecule has 5 heteroatoms. The molecule has 0 spiro atoms. The van der Waals surface area contributed by atoms with Crippen LogP contribution in [0, 0.1) is 17.8 Å². The molecule has 0 saturated heterocycles. The van der Waals surface area contributed by atoms with E-state index in [0.717, 1.165) is 12.8 Å². The van der Waals surface area contributed by atoms with Crippen molar-refractivity contribution in [3.8, 4) is 0 Å². The summed E-state index contributed by atoms with van der Waals surface area (Å²) < 4.78 is 4.91. The fourth-order valence-corrected chi connectivity index (χ4v) is 1.95. The molecular weight excluding hydrogens is 244 g/mol. The quantitative estimate of drug-likeness (QED) is 0.613. The van der Waals surface area contributed by atoms with Gasteiger partial charge in [0.25, 0.3) is 0 Å². The Balaban J connectivity index is 2.11. The van der Waals surface area contributed by atoms with Crippen molar-refractivity contribution >= 4 is 11.8 Å². The molecule has 2 amide bonds. The highest BCUT2D eigenvalue weighted by Gasteiger charge is 2.47. The van der Waals surface area contributed by atoms with E-state index in [1.54, 1.807) is 7.11 Å². The summed E-state index contributed by atoms with van der Waals surface area (Å²) >= 11 is 0. The van der Waals surface area contributed by atoms with Gasteiger partial charge in [-0.3, -0.25) is 9.59 Å². The summed E-state index contributed by atoms with van der Waals surface area (Å²) in [6.45, 7) is 6.21. The maximum absolute atomic E-state index is 11.8. The van der Waals surface area contributed by atoms with Gasteiger partial charge in [0.05, 0.1) is 11.8 Å². The molecule has 1 fully saturated rings. The van der Waals surface area contributed by atoms with E-state index in [1.165, 1.54) is 0 Å². The number of nitrogens with one attached hydrogen (secondary N) is 2. The van der Waals surface area contributed by atoms with Gasteiger partial charge in [-0.1, -0.05) is 13.8 Å². The van der Waals surface area contributed by atoms with Crippen LogP contribution in [0.2, 0.25) is 0 Å². The molecule has 0 bridgehead atoms. The highest BCUT2D eigenvalue weighted by molar-refractivity contribution is 5.92. The van der Waals surface area contributed by atoms with Crippen molar-refractivity contribution < 1.29 is 14.3 Å². The molecule has 5 nitrogen and oxygen atoms in total. The van der Waals surface area contributed by atoms with Crippen LogP contribution in [0.5, 0.6) is 0 Å². The molecule has 1 rings (SSSR count). The third-order valence-electron chi connectivity index (χ3n) is 3.31. The van der Waals surface area contributed by atoms with Crippen molar-refractivity contribution in [2.24, 2.45) is 17.8 Å². The van der Waals surface area contributed by atoms with Crippen LogP contribution in [-0.4, -0.2) is 38.6 Å². The van der Waals surface area contributed by atoms with E-state index in [-0.39, 0.29) is 23.7 Å². The van der Waals surface area contributed by atoms with Gasteiger partial charge in [0.2, 0.25) is 11.8 Å². The zero-order valence-corrected chi connectivity index (χ0v) is 12.2. The number of hydrogen-bond donors (Lipinski definition) is 2. The maximum Gasteiger partial charge on any atom is 0.223 e. The summed E-state index contributed by atoms with van der Waals surface area (Å²) in [5.41, 5.74) is 0. The van der Waals surface area contributed by atoms with Crippen LogP contribution in [0.4, 0.5) is 0 Å². The second-order valence-corrected chi connectivity index (χ2v) is 5.56. The summed E-state index contributed by atoms with van der Waals surface area (Å²) in [5.74, 6) is 0.369. The number of hydrogen-bond acceptors (Lipinski definition) is 3. The molecule has 2 N–H and O–H groups in total. The van der Waals surface area contributed by atoms with Crippen molar-refractivity contribution in [2.45, 2.75) is 33.1 Å². The van der Waals surface area contributed by atoms with Gasteiger partial charge in [0.1, 0.15) is 0 Å². The summed E-state index contributed by atoms with van der Waals surface area (Å²) in [6.07, 6.45) is 2.47. The minimum atomic E-state index is -0.124. The Morgan fingerprint density at radius 1 is 1.16 bits per heavy atom. The second-order valence-electron chi connectivity index (χ2n) is 5.56. The van der Waals surface area contributed by atoms with Gasteiger partial charge in [0, 0.05) is 26.8 Å². The predicted molar refractivity (Wildman–Crippen MR) is 73.6 cm³/mol. The lowest BCUT2D eigenvalue weighted by molar-refractivity contribution is -0.127. The lowest BCUT2D eigenvalue weighted by Crippen LogP contribution is -2.31. The summed E-state index contributed by atoms with van der Waals surface area (Å²) in [6, 6.07) is 0. The molecular formula is C14H26N2O3. The molecule has 0 aromatic carbocycles. The fourth-order valence-electron chi connectivity index (χ4n) is 1.95. The van der Waals surface area contributed by atoms with Crippen LogP contribution in [0.1, 0.15) is 33.1 Å². The van der Waals surface area contributed by atoms with Crippen molar-refractivity contribution in [3.05, 3.63) is 0 Å². The Labute approximate surface area is 115 Å². The number of carbonyl (C=O) groups excluding carboxylic acids is 2. The van der Waals surface area contributed by atoms with Gasteiger partial charge in [-0.25, -0.2) is 0 Å². The van der Waals surface area contributed by atoms with Crippen LogP contribution < -0.4 is 10.6 Å². The van der Waals surface area contributed by atoms with Crippen molar-refractivity contribution in [1.82, 2.24) is 10.6 Å². The van der Waals surface area contributed by atoms with E-state index in [4.69, 9.17) is 4.74 Å². The molecule has 0 radical (unpaired) electrons. The van der Waals surface area contributed by atoms with Crippen LogP contribution >= 0.6 is 0 Å². The molecule has 2 atom stereocenters. The average molecular weight is 270 g/mol. The topological polar surface area (TPSA) is 67.4 Å². The van der Waals surface area contributed by atoms with Gasteiger partial charge in [-0.05, 0) is 25.2 Å². The van der Waals surface area contributed by atoms with Crippen LogP contribution in [0.3, 0.4) is 0 Å². The monoisotopic (exact) mass is 270 g/mol. The van der Waals surface area contributed by atoms with E-state index in [9.17, 15) is 9.59 Å². The predicted octanol–water partition coefficient (Wildman–Crippen LogP) is 0.937. The summed E-state index contributed by atoms with van der Waals surface area (Å²) in [5, 5.41) is 5.74.